The fourth-order valence-electron chi connectivity index (χ4n) is 1.39. The van der Waals surface area contributed by atoms with Gasteiger partial charge in [0.2, 0.25) is 5.89 Å². The molecule has 0 bridgehead atoms. The van der Waals surface area contributed by atoms with Crippen LogP contribution >= 0.6 is 11.6 Å². The molecule has 0 aliphatic rings. The highest BCUT2D eigenvalue weighted by atomic mass is 35.5. The van der Waals surface area contributed by atoms with Crippen molar-refractivity contribution in [2.24, 2.45) is 5.84 Å². The van der Waals surface area contributed by atoms with Gasteiger partial charge in [0.25, 0.3) is 5.91 Å². The van der Waals surface area contributed by atoms with E-state index in [0.29, 0.717) is 30.2 Å². The first-order valence-corrected chi connectivity index (χ1v) is 5.75. The maximum absolute atomic E-state index is 11.9. The van der Waals surface area contributed by atoms with E-state index < -0.39 is 0 Å². The number of halogens is 1. The van der Waals surface area contributed by atoms with Crippen LogP contribution in [0.4, 0.5) is 5.82 Å². The van der Waals surface area contributed by atoms with E-state index in [9.17, 15) is 4.79 Å². The lowest BCUT2D eigenvalue weighted by atomic mass is 10.2. The molecule has 2 heterocycles. The number of nitrogens with two attached hydrogens (primary N) is 1. The van der Waals surface area contributed by atoms with Crippen molar-refractivity contribution in [1.29, 1.82) is 0 Å². The lowest BCUT2D eigenvalue weighted by Crippen LogP contribution is -2.26. The third-order valence-corrected chi connectivity index (χ3v) is 2.43. The standard InChI is InChI=1S/C10H11ClN6O2/c11-7-3-6(4-8(16-7)17-12)10(18)13-2-1-9-14-5-15-19-9/h3-5H,1-2,12H2,(H,13,18)(H,16,17). The molecule has 1 amide bonds. The number of carbonyl (C=O) groups is 1. The second-order valence-electron chi connectivity index (χ2n) is 3.55. The van der Waals surface area contributed by atoms with E-state index in [0.717, 1.165) is 0 Å². The third kappa shape index (κ3) is 3.63. The average Bonchev–Trinajstić information content (AvgIpc) is 2.91. The Morgan fingerprint density at radius 2 is 2.32 bits per heavy atom. The van der Waals surface area contributed by atoms with Crippen LogP contribution in [0.25, 0.3) is 0 Å². The molecule has 2 aromatic heterocycles. The molecule has 0 unspecified atom stereocenters. The zero-order valence-electron chi connectivity index (χ0n) is 9.76. The fraction of sp³-hybridized carbons (Fsp3) is 0.200. The van der Waals surface area contributed by atoms with E-state index in [1.807, 2.05) is 0 Å². The minimum absolute atomic E-state index is 0.178. The van der Waals surface area contributed by atoms with Crippen molar-refractivity contribution in [2.45, 2.75) is 6.42 Å². The molecule has 0 spiro atoms. The van der Waals surface area contributed by atoms with Crippen LogP contribution < -0.4 is 16.6 Å². The molecule has 0 saturated carbocycles. The van der Waals surface area contributed by atoms with Crippen molar-refractivity contribution in [3.8, 4) is 0 Å². The van der Waals surface area contributed by atoms with Gasteiger partial charge in [0, 0.05) is 18.5 Å². The first-order chi connectivity index (χ1) is 9.19. The number of nitrogen functional groups attached to an aromatic ring is 1. The lowest BCUT2D eigenvalue weighted by Gasteiger charge is -2.06. The Morgan fingerprint density at radius 1 is 1.47 bits per heavy atom. The van der Waals surface area contributed by atoms with E-state index in [1.54, 1.807) is 0 Å². The summed E-state index contributed by atoms with van der Waals surface area (Å²) < 4.78 is 4.81. The molecule has 2 rings (SSSR count). The third-order valence-electron chi connectivity index (χ3n) is 2.24. The predicted octanol–water partition coefficient (Wildman–Crippen LogP) is 0.376. The van der Waals surface area contributed by atoms with Crippen molar-refractivity contribution < 1.29 is 9.32 Å². The number of aromatic nitrogens is 3. The number of hydrogen-bond donors (Lipinski definition) is 3. The Balaban J connectivity index is 1.94. The van der Waals surface area contributed by atoms with Gasteiger partial charge < -0.3 is 15.3 Å². The Labute approximate surface area is 113 Å². The SMILES string of the molecule is NNc1cc(C(=O)NCCc2ncno2)cc(Cl)n1. The van der Waals surface area contributed by atoms with Gasteiger partial charge >= 0.3 is 0 Å². The molecule has 0 fully saturated rings. The van der Waals surface area contributed by atoms with Gasteiger partial charge in [-0.2, -0.15) is 4.98 Å². The van der Waals surface area contributed by atoms with Crippen molar-refractivity contribution >= 4 is 23.3 Å². The van der Waals surface area contributed by atoms with E-state index in [1.165, 1.54) is 18.5 Å². The van der Waals surface area contributed by atoms with Crippen molar-refractivity contribution in [2.75, 3.05) is 12.0 Å². The quantitative estimate of drug-likeness (QED) is 0.412. The first-order valence-electron chi connectivity index (χ1n) is 5.37. The summed E-state index contributed by atoms with van der Waals surface area (Å²) in [5.74, 6) is 5.70. The fourth-order valence-corrected chi connectivity index (χ4v) is 1.60. The Hall–Kier alpha value is -2.19. The molecule has 0 radical (unpaired) electrons. The van der Waals surface area contributed by atoms with E-state index >= 15 is 0 Å². The van der Waals surface area contributed by atoms with Crippen LogP contribution in [-0.4, -0.2) is 27.6 Å². The van der Waals surface area contributed by atoms with Gasteiger partial charge in [-0.15, -0.1) is 0 Å². The van der Waals surface area contributed by atoms with Crippen LogP contribution in [0.3, 0.4) is 0 Å². The van der Waals surface area contributed by atoms with Crippen LogP contribution in [-0.2, 0) is 6.42 Å². The Morgan fingerprint density at radius 3 is 3.00 bits per heavy atom. The summed E-state index contributed by atoms with van der Waals surface area (Å²) in [5.41, 5.74) is 2.69. The summed E-state index contributed by atoms with van der Waals surface area (Å²) in [6, 6.07) is 2.94. The smallest absolute Gasteiger partial charge is 0.251 e. The van der Waals surface area contributed by atoms with Crippen LogP contribution in [0.1, 0.15) is 16.2 Å². The zero-order chi connectivity index (χ0) is 13.7. The van der Waals surface area contributed by atoms with Crippen LogP contribution in [0.5, 0.6) is 0 Å². The minimum atomic E-state index is -0.291. The molecule has 0 atom stereocenters. The van der Waals surface area contributed by atoms with Crippen molar-refractivity contribution in [3.63, 3.8) is 0 Å². The highest BCUT2D eigenvalue weighted by Gasteiger charge is 2.09. The van der Waals surface area contributed by atoms with Crippen molar-refractivity contribution in [3.05, 3.63) is 35.1 Å². The summed E-state index contributed by atoms with van der Waals surface area (Å²) in [6.45, 7) is 0.367. The Bertz CT molecular complexity index is 559. The number of nitrogens with zero attached hydrogens (tertiary/aromatic N) is 3. The van der Waals surface area contributed by atoms with Crippen LogP contribution in [0, 0.1) is 0 Å². The maximum atomic E-state index is 11.9. The number of amides is 1. The number of rotatable bonds is 5. The second-order valence-corrected chi connectivity index (χ2v) is 3.94. The number of hydrazine groups is 1. The van der Waals surface area contributed by atoms with E-state index in [4.69, 9.17) is 22.0 Å². The monoisotopic (exact) mass is 282 g/mol. The molecular weight excluding hydrogens is 272 g/mol. The van der Waals surface area contributed by atoms with Gasteiger partial charge in [-0.3, -0.25) is 4.79 Å². The van der Waals surface area contributed by atoms with Crippen molar-refractivity contribution in [1.82, 2.24) is 20.4 Å². The van der Waals surface area contributed by atoms with Gasteiger partial charge in [-0.05, 0) is 12.1 Å². The van der Waals surface area contributed by atoms with Gasteiger partial charge in [0.1, 0.15) is 11.0 Å². The molecule has 9 heteroatoms. The van der Waals surface area contributed by atoms with E-state index in [2.05, 4.69) is 25.9 Å². The minimum Gasteiger partial charge on any atom is -0.352 e. The second kappa shape index (κ2) is 6.12. The number of anilines is 1. The highest BCUT2D eigenvalue weighted by Crippen LogP contribution is 2.13. The van der Waals surface area contributed by atoms with Crippen LogP contribution in [0.2, 0.25) is 5.15 Å². The zero-order valence-corrected chi connectivity index (χ0v) is 10.5. The predicted molar refractivity (Wildman–Crippen MR) is 67.4 cm³/mol. The molecule has 0 aliphatic carbocycles. The normalized spacial score (nSPS) is 10.2. The van der Waals surface area contributed by atoms with Gasteiger partial charge in [0.05, 0.1) is 0 Å². The molecule has 19 heavy (non-hydrogen) atoms. The number of pyridine rings is 1. The molecule has 8 nitrogen and oxygen atoms in total. The van der Waals surface area contributed by atoms with Gasteiger partial charge in [-0.1, -0.05) is 16.8 Å². The largest absolute Gasteiger partial charge is 0.352 e. The summed E-state index contributed by atoms with van der Waals surface area (Å²) in [7, 11) is 0. The summed E-state index contributed by atoms with van der Waals surface area (Å²) >= 11 is 5.77. The lowest BCUT2D eigenvalue weighted by molar-refractivity contribution is 0.0953. The first kappa shape index (κ1) is 13.2. The number of carbonyl (C=O) groups excluding carboxylic acids is 1. The molecule has 0 aromatic carbocycles. The summed E-state index contributed by atoms with van der Waals surface area (Å²) in [4.78, 5) is 19.6. The molecular formula is C10H11ClN6O2. The maximum Gasteiger partial charge on any atom is 0.251 e. The average molecular weight is 283 g/mol. The molecule has 2 aromatic rings. The number of nitrogens with one attached hydrogen (secondary N) is 2. The highest BCUT2D eigenvalue weighted by molar-refractivity contribution is 6.29. The molecule has 100 valence electrons. The van der Waals surface area contributed by atoms with Gasteiger partial charge in [-0.25, -0.2) is 10.8 Å². The topological polar surface area (TPSA) is 119 Å². The molecule has 0 aliphatic heterocycles. The molecule has 4 N–H and O–H groups in total. The summed E-state index contributed by atoms with van der Waals surface area (Å²) in [5, 5.41) is 6.34. The summed E-state index contributed by atoms with van der Waals surface area (Å²) in [6.07, 6.45) is 1.76. The number of hydrogen-bond acceptors (Lipinski definition) is 7. The van der Waals surface area contributed by atoms with Gasteiger partial charge in [0.15, 0.2) is 6.33 Å². The van der Waals surface area contributed by atoms with E-state index in [-0.39, 0.29) is 11.1 Å². The Kier molecular flexibility index (Phi) is 4.26. The molecule has 0 saturated heterocycles. The van der Waals surface area contributed by atoms with Crippen LogP contribution in [0.15, 0.2) is 23.0 Å².